The molecule has 1 aliphatic heterocycles. The summed E-state index contributed by atoms with van der Waals surface area (Å²) in [5.41, 5.74) is 0.658. The molecule has 0 saturated carbocycles. The number of methoxy groups -OCH3 is 1. The minimum atomic E-state index is -1.17. The Morgan fingerprint density at radius 2 is 1.83 bits per heavy atom. The second-order valence-electron chi connectivity index (χ2n) is 6.95. The van der Waals surface area contributed by atoms with Gasteiger partial charge in [-0.15, -0.1) is 0 Å². The number of nitrogens with zero attached hydrogens (tertiary/aromatic N) is 1. The molecular weight excluding hydrogens is 313 g/mol. The molecule has 24 heavy (non-hydrogen) atoms. The zero-order valence-corrected chi connectivity index (χ0v) is 14.5. The van der Waals surface area contributed by atoms with Crippen LogP contribution in [0.25, 0.3) is 0 Å². The fraction of sp³-hybridized carbons (Fsp3) is 0.556. The van der Waals surface area contributed by atoms with Gasteiger partial charge in [-0.25, -0.2) is 14.0 Å². The molecule has 5 nitrogen and oxygen atoms in total. The summed E-state index contributed by atoms with van der Waals surface area (Å²) in [6, 6.07) is 6.75. The van der Waals surface area contributed by atoms with Crippen molar-refractivity contribution in [1.29, 1.82) is 0 Å². The van der Waals surface area contributed by atoms with Crippen molar-refractivity contribution in [2.24, 2.45) is 0 Å². The molecule has 1 fully saturated rings. The number of alkyl halides is 1. The molecule has 2 rings (SSSR count). The summed E-state index contributed by atoms with van der Waals surface area (Å²) in [5, 5.41) is 0. The number of hydrogen-bond donors (Lipinski definition) is 0. The van der Waals surface area contributed by atoms with Crippen molar-refractivity contribution in [3.63, 3.8) is 0 Å². The van der Waals surface area contributed by atoms with Gasteiger partial charge in [0.25, 0.3) is 0 Å². The number of likely N-dealkylation sites (tertiary alicyclic amines) is 1. The Balaban J connectivity index is 2.01. The number of benzene rings is 1. The van der Waals surface area contributed by atoms with Crippen LogP contribution in [0.3, 0.4) is 0 Å². The minimum absolute atomic E-state index is 0.0122. The first-order chi connectivity index (χ1) is 11.2. The Labute approximate surface area is 141 Å². The van der Waals surface area contributed by atoms with E-state index in [9.17, 15) is 14.0 Å². The molecule has 1 amide bonds. The predicted octanol–water partition coefficient (Wildman–Crippen LogP) is 3.54. The predicted molar refractivity (Wildman–Crippen MR) is 87.8 cm³/mol. The average molecular weight is 337 g/mol. The highest BCUT2D eigenvalue weighted by molar-refractivity contribution is 5.89. The Bertz CT molecular complexity index is 594. The number of esters is 1. The van der Waals surface area contributed by atoms with Gasteiger partial charge >= 0.3 is 12.1 Å². The number of piperidine rings is 1. The molecular formula is C18H24FNO4. The van der Waals surface area contributed by atoms with Crippen LogP contribution in [0.5, 0.6) is 0 Å². The maximum atomic E-state index is 14.6. The SMILES string of the molecule is COC(=O)c1ccc(C2CCN(C(=O)OC(C)(C)C)CC2F)cc1. The molecule has 1 heterocycles. The van der Waals surface area contributed by atoms with Crippen LogP contribution in [0.2, 0.25) is 0 Å². The third-order valence-corrected chi connectivity index (χ3v) is 3.95. The molecule has 1 saturated heterocycles. The molecule has 0 N–H and O–H groups in total. The molecule has 6 heteroatoms. The first-order valence-corrected chi connectivity index (χ1v) is 8.01. The second-order valence-corrected chi connectivity index (χ2v) is 6.95. The van der Waals surface area contributed by atoms with Gasteiger partial charge in [-0.05, 0) is 44.9 Å². The summed E-state index contributed by atoms with van der Waals surface area (Å²) in [4.78, 5) is 24.9. The van der Waals surface area contributed by atoms with E-state index in [1.54, 1.807) is 45.0 Å². The molecule has 0 radical (unpaired) electrons. The smallest absolute Gasteiger partial charge is 0.410 e. The lowest BCUT2D eigenvalue weighted by Gasteiger charge is -2.35. The van der Waals surface area contributed by atoms with Crippen molar-refractivity contribution in [2.45, 2.75) is 44.9 Å². The van der Waals surface area contributed by atoms with Gasteiger partial charge in [0.05, 0.1) is 19.2 Å². The van der Waals surface area contributed by atoms with Gasteiger partial charge in [-0.2, -0.15) is 0 Å². The van der Waals surface area contributed by atoms with Crippen LogP contribution in [0.4, 0.5) is 9.18 Å². The highest BCUT2D eigenvalue weighted by Crippen LogP contribution is 2.31. The van der Waals surface area contributed by atoms with E-state index >= 15 is 0 Å². The zero-order chi connectivity index (χ0) is 17.9. The lowest BCUT2D eigenvalue weighted by Crippen LogP contribution is -2.46. The van der Waals surface area contributed by atoms with E-state index in [1.807, 2.05) is 0 Å². The lowest BCUT2D eigenvalue weighted by molar-refractivity contribution is 0.0111. The van der Waals surface area contributed by atoms with Crippen LogP contribution in [-0.2, 0) is 9.47 Å². The van der Waals surface area contributed by atoms with Gasteiger partial charge in [0.15, 0.2) is 0 Å². The monoisotopic (exact) mass is 337 g/mol. The highest BCUT2D eigenvalue weighted by atomic mass is 19.1. The summed E-state index contributed by atoms with van der Waals surface area (Å²) in [6.45, 7) is 5.81. The van der Waals surface area contributed by atoms with Gasteiger partial charge in [0, 0.05) is 12.5 Å². The normalized spacial score (nSPS) is 21.3. The first kappa shape index (κ1) is 18.2. The third kappa shape index (κ3) is 4.46. The molecule has 0 aromatic heterocycles. The number of carbonyl (C=O) groups excluding carboxylic acids is 2. The topological polar surface area (TPSA) is 55.8 Å². The van der Waals surface area contributed by atoms with Gasteiger partial charge < -0.3 is 14.4 Å². The minimum Gasteiger partial charge on any atom is -0.465 e. The van der Waals surface area contributed by atoms with Crippen LogP contribution in [-0.4, -0.2) is 48.9 Å². The molecule has 132 valence electrons. The van der Waals surface area contributed by atoms with Gasteiger partial charge in [0.2, 0.25) is 0 Å². The van der Waals surface area contributed by atoms with Crippen molar-refractivity contribution in [3.05, 3.63) is 35.4 Å². The zero-order valence-electron chi connectivity index (χ0n) is 14.5. The molecule has 1 aromatic rings. The number of hydrogen-bond acceptors (Lipinski definition) is 4. The average Bonchev–Trinajstić information content (AvgIpc) is 2.52. The summed E-state index contributed by atoms with van der Waals surface area (Å²) in [7, 11) is 1.32. The molecule has 2 atom stereocenters. The van der Waals surface area contributed by atoms with E-state index in [-0.39, 0.29) is 12.5 Å². The number of rotatable bonds is 2. The summed E-state index contributed by atoms with van der Waals surface area (Å²) < 4.78 is 24.5. The fourth-order valence-corrected chi connectivity index (χ4v) is 2.76. The standard InChI is InChI=1S/C18H24FNO4/c1-18(2,3)24-17(22)20-10-9-14(15(19)11-20)12-5-7-13(8-6-12)16(21)23-4/h5-8,14-15H,9-11H2,1-4H3. The van der Waals surface area contributed by atoms with Gasteiger partial charge in [-0.3, -0.25) is 0 Å². The van der Waals surface area contributed by atoms with E-state index in [0.717, 1.165) is 5.56 Å². The summed E-state index contributed by atoms with van der Waals surface area (Å²) in [6.07, 6.45) is -1.14. The van der Waals surface area contributed by atoms with Crippen LogP contribution in [0.15, 0.2) is 24.3 Å². The maximum Gasteiger partial charge on any atom is 0.410 e. The molecule has 0 aliphatic carbocycles. The summed E-state index contributed by atoms with van der Waals surface area (Å²) in [5.74, 6) is -0.714. The van der Waals surface area contributed by atoms with Gasteiger partial charge in [0.1, 0.15) is 11.8 Å². The fourth-order valence-electron chi connectivity index (χ4n) is 2.76. The van der Waals surface area contributed by atoms with Crippen molar-refractivity contribution in [3.8, 4) is 0 Å². The lowest BCUT2D eigenvalue weighted by atomic mass is 9.87. The highest BCUT2D eigenvalue weighted by Gasteiger charge is 2.34. The van der Waals surface area contributed by atoms with Crippen molar-refractivity contribution >= 4 is 12.1 Å². The Morgan fingerprint density at radius 3 is 2.33 bits per heavy atom. The van der Waals surface area contributed by atoms with E-state index in [2.05, 4.69) is 4.74 Å². The van der Waals surface area contributed by atoms with Crippen molar-refractivity contribution in [2.75, 3.05) is 20.2 Å². The third-order valence-electron chi connectivity index (χ3n) is 3.95. The van der Waals surface area contributed by atoms with Crippen LogP contribution in [0.1, 0.15) is 49.0 Å². The van der Waals surface area contributed by atoms with E-state index in [0.29, 0.717) is 18.5 Å². The molecule has 0 bridgehead atoms. The quantitative estimate of drug-likeness (QED) is 0.775. The first-order valence-electron chi connectivity index (χ1n) is 8.01. The van der Waals surface area contributed by atoms with Crippen LogP contribution < -0.4 is 0 Å². The molecule has 0 spiro atoms. The Hall–Kier alpha value is -2.11. The van der Waals surface area contributed by atoms with Gasteiger partial charge in [-0.1, -0.05) is 12.1 Å². The second kappa shape index (κ2) is 7.20. The Morgan fingerprint density at radius 1 is 1.21 bits per heavy atom. The summed E-state index contributed by atoms with van der Waals surface area (Å²) >= 11 is 0. The van der Waals surface area contributed by atoms with E-state index < -0.39 is 23.8 Å². The van der Waals surface area contributed by atoms with E-state index in [1.165, 1.54) is 12.0 Å². The van der Waals surface area contributed by atoms with Crippen LogP contribution >= 0.6 is 0 Å². The van der Waals surface area contributed by atoms with Crippen LogP contribution in [0, 0.1) is 0 Å². The Kier molecular flexibility index (Phi) is 5.47. The number of carbonyl (C=O) groups is 2. The molecule has 1 aliphatic rings. The van der Waals surface area contributed by atoms with Crippen molar-refractivity contribution < 1.29 is 23.5 Å². The number of amides is 1. The number of halogens is 1. The molecule has 2 unspecified atom stereocenters. The van der Waals surface area contributed by atoms with E-state index in [4.69, 9.17) is 4.74 Å². The number of ether oxygens (including phenoxy) is 2. The maximum absolute atomic E-state index is 14.6. The van der Waals surface area contributed by atoms with Crippen molar-refractivity contribution in [1.82, 2.24) is 4.90 Å². The molecule has 1 aromatic carbocycles. The largest absolute Gasteiger partial charge is 0.465 e.